The Bertz CT molecular complexity index is 619. The number of amides is 1. The Hall–Kier alpha value is -1.82. The van der Waals surface area contributed by atoms with Crippen molar-refractivity contribution in [2.24, 2.45) is 0 Å². The van der Waals surface area contributed by atoms with Gasteiger partial charge in [-0.25, -0.2) is 13.8 Å². The lowest BCUT2D eigenvalue weighted by Crippen LogP contribution is -2.16. The van der Waals surface area contributed by atoms with Crippen molar-refractivity contribution in [2.75, 3.05) is 5.32 Å². The maximum Gasteiger partial charge on any atom is 0.230 e. The summed E-state index contributed by atoms with van der Waals surface area (Å²) in [6, 6.07) is 7.15. The second-order valence-electron chi connectivity index (χ2n) is 3.77. The van der Waals surface area contributed by atoms with Crippen LogP contribution in [-0.2, 0) is 11.2 Å². The summed E-state index contributed by atoms with van der Waals surface area (Å²) in [7, 11) is 0. The maximum absolute atomic E-state index is 13.4. The number of pyridine rings is 1. The number of hydrogen-bond acceptors (Lipinski definition) is 2. The molecule has 1 N–H and O–H groups in total. The van der Waals surface area contributed by atoms with Crippen LogP contribution >= 0.6 is 15.9 Å². The van der Waals surface area contributed by atoms with Gasteiger partial charge in [-0.05, 0) is 34.1 Å². The Morgan fingerprint density at radius 2 is 2.05 bits per heavy atom. The predicted molar refractivity (Wildman–Crippen MR) is 70.6 cm³/mol. The van der Waals surface area contributed by atoms with Crippen LogP contribution in [0, 0.1) is 11.6 Å². The number of nitrogens with zero attached hydrogens (tertiary/aromatic N) is 1. The molecule has 0 radical (unpaired) electrons. The van der Waals surface area contributed by atoms with E-state index in [1.54, 1.807) is 12.1 Å². The number of rotatable bonds is 3. The van der Waals surface area contributed by atoms with Crippen LogP contribution in [0.5, 0.6) is 0 Å². The molecule has 0 unspecified atom stereocenters. The molecule has 19 heavy (non-hydrogen) atoms. The average Bonchev–Trinajstić information content (AvgIpc) is 2.38. The highest BCUT2D eigenvalue weighted by Crippen LogP contribution is 2.19. The number of nitrogens with one attached hydrogen (secondary N) is 1. The summed E-state index contributed by atoms with van der Waals surface area (Å²) in [5.41, 5.74) is 0.00422. The van der Waals surface area contributed by atoms with Crippen molar-refractivity contribution in [1.82, 2.24) is 4.98 Å². The molecule has 0 bridgehead atoms. The van der Waals surface area contributed by atoms with Crippen LogP contribution in [0.1, 0.15) is 5.56 Å². The summed E-state index contributed by atoms with van der Waals surface area (Å²) >= 11 is 3.22. The Labute approximate surface area is 116 Å². The summed E-state index contributed by atoms with van der Waals surface area (Å²) in [5.74, 6) is -2.10. The molecule has 2 aromatic rings. The zero-order valence-corrected chi connectivity index (χ0v) is 11.2. The summed E-state index contributed by atoms with van der Waals surface area (Å²) in [6.45, 7) is 0. The second-order valence-corrected chi connectivity index (χ2v) is 4.63. The van der Waals surface area contributed by atoms with Crippen LogP contribution in [0.4, 0.5) is 14.6 Å². The predicted octanol–water partition coefficient (Wildman–Crippen LogP) is 3.30. The number of carbonyl (C=O) groups excluding carboxylic acids is 1. The molecule has 2 rings (SSSR count). The van der Waals surface area contributed by atoms with Gasteiger partial charge in [0.1, 0.15) is 5.82 Å². The SMILES string of the molecule is O=C(Cc1cccc(F)c1F)Nc1ncccc1Br. The summed E-state index contributed by atoms with van der Waals surface area (Å²) < 4.78 is 27.0. The third kappa shape index (κ3) is 3.35. The molecule has 1 aromatic carbocycles. The van der Waals surface area contributed by atoms with Gasteiger partial charge in [-0.3, -0.25) is 4.79 Å². The molecule has 6 heteroatoms. The lowest BCUT2D eigenvalue weighted by Gasteiger charge is -2.07. The van der Waals surface area contributed by atoms with Gasteiger partial charge in [-0.15, -0.1) is 0 Å². The molecule has 0 saturated heterocycles. The van der Waals surface area contributed by atoms with Crippen molar-refractivity contribution in [2.45, 2.75) is 6.42 Å². The Balaban J connectivity index is 2.10. The first-order chi connectivity index (χ1) is 9.08. The molecule has 0 spiro atoms. The summed E-state index contributed by atoms with van der Waals surface area (Å²) in [5, 5.41) is 2.52. The molecule has 0 fully saturated rings. The van der Waals surface area contributed by atoms with E-state index in [2.05, 4.69) is 26.2 Å². The Kier molecular flexibility index (Phi) is 4.21. The number of benzene rings is 1. The van der Waals surface area contributed by atoms with Gasteiger partial charge in [0.25, 0.3) is 0 Å². The zero-order valence-electron chi connectivity index (χ0n) is 9.66. The minimum Gasteiger partial charge on any atom is -0.309 e. The average molecular weight is 327 g/mol. The minimum atomic E-state index is -1.00. The molecule has 0 saturated carbocycles. The number of carbonyl (C=O) groups is 1. The minimum absolute atomic E-state index is 0.00422. The Morgan fingerprint density at radius 1 is 1.26 bits per heavy atom. The van der Waals surface area contributed by atoms with Gasteiger partial charge >= 0.3 is 0 Å². The van der Waals surface area contributed by atoms with Crippen molar-refractivity contribution in [3.05, 3.63) is 58.2 Å². The summed E-state index contributed by atoms with van der Waals surface area (Å²) in [4.78, 5) is 15.7. The third-order valence-corrected chi connectivity index (χ3v) is 3.04. The fourth-order valence-electron chi connectivity index (χ4n) is 1.51. The first kappa shape index (κ1) is 13.6. The second kappa shape index (κ2) is 5.88. The van der Waals surface area contributed by atoms with Crippen molar-refractivity contribution in [3.63, 3.8) is 0 Å². The van der Waals surface area contributed by atoms with Crippen LogP contribution in [0.25, 0.3) is 0 Å². The van der Waals surface area contributed by atoms with Crippen molar-refractivity contribution < 1.29 is 13.6 Å². The van der Waals surface area contributed by atoms with Gasteiger partial charge in [-0.1, -0.05) is 12.1 Å². The van der Waals surface area contributed by atoms with Crippen LogP contribution in [-0.4, -0.2) is 10.9 Å². The lowest BCUT2D eigenvalue weighted by atomic mass is 10.1. The number of anilines is 1. The smallest absolute Gasteiger partial charge is 0.230 e. The van der Waals surface area contributed by atoms with E-state index in [0.717, 1.165) is 6.07 Å². The third-order valence-electron chi connectivity index (χ3n) is 2.40. The van der Waals surface area contributed by atoms with E-state index >= 15 is 0 Å². The highest BCUT2D eigenvalue weighted by atomic mass is 79.9. The van der Waals surface area contributed by atoms with E-state index in [9.17, 15) is 13.6 Å². The molecule has 1 amide bonds. The molecule has 3 nitrogen and oxygen atoms in total. The molecule has 0 aliphatic carbocycles. The zero-order chi connectivity index (χ0) is 13.8. The van der Waals surface area contributed by atoms with E-state index in [1.165, 1.54) is 18.3 Å². The maximum atomic E-state index is 13.4. The van der Waals surface area contributed by atoms with Crippen molar-refractivity contribution >= 4 is 27.7 Å². The molecule has 0 aliphatic heterocycles. The molecule has 0 aliphatic rings. The molecule has 1 aromatic heterocycles. The van der Waals surface area contributed by atoms with E-state index in [0.29, 0.717) is 10.3 Å². The number of halogens is 3. The van der Waals surface area contributed by atoms with Gasteiger partial charge in [0.15, 0.2) is 11.6 Å². The van der Waals surface area contributed by atoms with Crippen LogP contribution < -0.4 is 5.32 Å². The fourth-order valence-corrected chi connectivity index (χ4v) is 1.87. The monoisotopic (exact) mass is 326 g/mol. The highest BCUT2D eigenvalue weighted by molar-refractivity contribution is 9.10. The number of aromatic nitrogens is 1. The molecule has 98 valence electrons. The van der Waals surface area contributed by atoms with Gasteiger partial charge in [-0.2, -0.15) is 0 Å². The lowest BCUT2D eigenvalue weighted by molar-refractivity contribution is -0.115. The van der Waals surface area contributed by atoms with Gasteiger partial charge in [0.05, 0.1) is 10.9 Å². The number of hydrogen-bond donors (Lipinski definition) is 1. The topological polar surface area (TPSA) is 42.0 Å². The molecule has 0 atom stereocenters. The van der Waals surface area contributed by atoms with Gasteiger partial charge < -0.3 is 5.32 Å². The van der Waals surface area contributed by atoms with Crippen molar-refractivity contribution in [1.29, 1.82) is 0 Å². The van der Waals surface area contributed by atoms with E-state index in [-0.39, 0.29) is 12.0 Å². The quantitative estimate of drug-likeness (QED) is 0.940. The van der Waals surface area contributed by atoms with E-state index < -0.39 is 17.5 Å². The van der Waals surface area contributed by atoms with E-state index in [1.807, 2.05) is 0 Å². The molecular weight excluding hydrogens is 318 g/mol. The Morgan fingerprint density at radius 3 is 2.79 bits per heavy atom. The first-order valence-corrected chi connectivity index (χ1v) is 6.20. The van der Waals surface area contributed by atoms with Crippen LogP contribution in [0.2, 0.25) is 0 Å². The highest BCUT2D eigenvalue weighted by Gasteiger charge is 2.12. The molecular formula is C13H9BrF2N2O. The van der Waals surface area contributed by atoms with Gasteiger partial charge in [0, 0.05) is 11.8 Å². The van der Waals surface area contributed by atoms with Crippen LogP contribution in [0.15, 0.2) is 41.0 Å². The molecule has 1 heterocycles. The normalized spacial score (nSPS) is 10.3. The van der Waals surface area contributed by atoms with Gasteiger partial charge in [0.2, 0.25) is 5.91 Å². The van der Waals surface area contributed by atoms with Crippen LogP contribution in [0.3, 0.4) is 0 Å². The fraction of sp³-hybridized carbons (Fsp3) is 0.0769. The largest absolute Gasteiger partial charge is 0.309 e. The first-order valence-electron chi connectivity index (χ1n) is 5.41. The standard InChI is InChI=1S/C13H9BrF2N2O/c14-9-4-2-6-17-13(9)18-11(19)7-8-3-1-5-10(15)12(8)16/h1-6H,7H2,(H,17,18,19). The summed E-state index contributed by atoms with van der Waals surface area (Å²) in [6.07, 6.45) is 1.26. The van der Waals surface area contributed by atoms with E-state index in [4.69, 9.17) is 0 Å². The van der Waals surface area contributed by atoms with Crippen molar-refractivity contribution in [3.8, 4) is 0 Å².